The van der Waals surface area contributed by atoms with E-state index in [2.05, 4.69) is 24.8 Å². The monoisotopic (exact) mass is 216 g/mol. The topological polar surface area (TPSA) is 26.3 Å². The first-order valence-corrected chi connectivity index (χ1v) is 5.36. The van der Waals surface area contributed by atoms with Crippen LogP contribution in [-0.2, 0) is 9.53 Å². The Balaban J connectivity index is 2.63. The van der Waals surface area contributed by atoms with Gasteiger partial charge >= 0.3 is 5.97 Å². The molecule has 0 saturated heterocycles. The Labute approximate surface area is 96.6 Å². The summed E-state index contributed by atoms with van der Waals surface area (Å²) in [6.07, 6.45) is 0.394. The van der Waals surface area contributed by atoms with Crippen molar-refractivity contribution in [2.45, 2.75) is 27.2 Å². The highest BCUT2D eigenvalue weighted by atomic mass is 16.5. The van der Waals surface area contributed by atoms with Crippen LogP contribution in [0.15, 0.2) is 18.2 Å². The average Bonchev–Trinajstić information content (AvgIpc) is 2.29. The molecule has 0 aliphatic rings. The third-order valence-electron chi connectivity index (χ3n) is 2.42. The number of carbonyl (C=O) groups excluding carboxylic acids is 1. The SMILES string of the molecule is CCC(=O)OCC#Cc1cccc(C)c1C. The molecule has 1 aromatic rings. The van der Waals surface area contributed by atoms with Crippen LogP contribution in [0.4, 0.5) is 0 Å². The van der Waals surface area contributed by atoms with Crippen LogP contribution in [0, 0.1) is 25.7 Å². The Morgan fingerprint density at radius 1 is 1.38 bits per heavy atom. The maximum atomic E-state index is 10.9. The molecule has 0 unspecified atom stereocenters. The van der Waals surface area contributed by atoms with Gasteiger partial charge in [0, 0.05) is 12.0 Å². The molecule has 0 atom stereocenters. The lowest BCUT2D eigenvalue weighted by Crippen LogP contribution is -2.01. The molecule has 0 radical (unpaired) electrons. The molecule has 84 valence electrons. The predicted octanol–water partition coefficient (Wildman–Crippen LogP) is 2.61. The minimum absolute atomic E-state index is 0.167. The van der Waals surface area contributed by atoms with Crippen LogP contribution in [-0.4, -0.2) is 12.6 Å². The Morgan fingerprint density at radius 3 is 2.81 bits per heavy atom. The lowest BCUT2D eigenvalue weighted by molar-refractivity contribution is -0.141. The fraction of sp³-hybridized carbons (Fsp3) is 0.357. The van der Waals surface area contributed by atoms with Crippen LogP contribution in [0.3, 0.4) is 0 Å². The Morgan fingerprint density at radius 2 is 2.12 bits per heavy atom. The lowest BCUT2D eigenvalue weighted by Gasteiger charge is -2.01. The molecule has 0 saturated carbocycles. The van der Waals surface area contributed by atoms with Crippen LogP contribution >= 0.6 is 0 Å². The van der Waals surface area contributed by atoms with Crippen molar-refractivity contribution >= 4 is 5.97 Å². The Hall–Kier alpha value is -1.75. The summed E-state index contributed by atoms with van der Waals surface area (Å²) in [5.41, 5.74) is 3.39. The third-order valence-corrected chi connectivity index (χ3v) is 2.42. The van der Waals surface area contributed by atoms with E-state index in [0.717, 1.165) is 5.56 Å². The third kappa shape index (κ3) is 3.43. The van der Waals surface area contributed by atoms with E-state index in [4.69, 9.17) is 4.74 Å². The van der Waals surface area contributed by atoms with Crippen molar-refractivity contribution in [3.05, 3.63) is 34.9 Å². The van der Waals surface area contributed by atoms with Crippen LogP contribution < -0.4 is 0 Å². The summed E-state index contributed by atoms with van der Waals surface area (Å²) in [5, 5.41) is 0. The van der Waals surface area contributed by atoms with Crippen LogP contribution in [0.5, 0.6) is 0 Å². The lowest BCUT2D eigenvalue weighted by atomic mass is 10.0. The summed E-state index contributed by atoms with van der Waals surface area (Å²) < 4.78 is 4.87. The van der Waals surface area contributed by atoms with Crippen LogP contribution in [0.2, 0.25) is 0 Å². The Bertz CT molecular complexity index is 436. The summed E-state index contributed by atoms with van der Waals surface area (Å²) in [4.78, 5) is 10.9. The first-order valence-electron chi connectivity index (χ1n) is 5.36. The van der Waals surface area contributed by atoms with Gasteiger partial charge < -0.3 is 4.74 Å². The minimum atomic E-state index is -0.213. The molecule has 0 bridgehead atoms. The molecule has 1 aromatic carbocycles. The van der Waals surface area contributed by atoms with Crippen molar-refractivity contribution in [1.82, 2.24) is 0 Å². The summed E-state index contributed by atoms with van der Waals surface area (Å²) >= 11 is 0. The van der Waals surface area contributed by atoms with Gasteiger partial charge in [0.25, 0.3) is 0 Å². The number of hydrogen-bond donors (Lipinski definition) is 0. The number of rotatable bonds is 2. The molecule has 0 heterocycles. The van der Waals surface area contributed by atoms with Gasteiger partial charge in [0.05, 0.1) is 0 Å². The second-order valence-corrected chi connectivity index (χ2v) is 3.56. The molecule has 1 rings (SSSR count). The van der Waals surface area contributed by atoms with Crippen molar-refractivity contribution in [2.24, 2.45) is 0 Å². The highest BCUT2D eigenvalue weighted by molar-refractivity contribution is 5.69. The number of aryl methyl sites for hydroxylation is 1. The number of hydrogen-bond acceptors (Lipinski definition) is 2. The van der Waals surface area contributed by atoms with Gasteiger partial charge in [-0.05, 0) is 31.0 Å². The van der Waals surface area contributed by atoms with E-state index in [1.807, 2.05) is 19.1 Å². The molecule has 2 nitrogen and oxygen atoms in total. The van der Waals surface area contributed by atoms with Gasteiger partial charge in [-0.3, -0.25) is 4.79 Å². The summed E-state index contributed by atoms with van der Waals surface area (Å²) in [7, 11) is 0. The number of benzene rings is 1. The normalized spacial score (nSPS) is 9.19. The van der Waals surface area contributed by atoms with E-state index >= 15 is 0 Å². The highest BCUT2D eigenvalue weighted by Gasteiger charge is 1.97. The molecular formula is C14H16O2. The van der Waals surface area contributed by atoms with Gasteiger partial charge in [-0.1, -0.05) is 30.9 Å². The van der Waals surface area contributed by atoms with E-state index in [-0.39, 0.29) is 12.6 Å². The first kappa shape index (κ1) is 12.3. The first-order chi connectivity index (χ1) is 7.65. The predicted molar refractivity (Wildman–Crippen MR) is 64.0 cm³/mol. The van der Waals surface area contributed by atoms with Crippen molar-refractivity contribution in [3.63, 3.8) is 0 Å². The highest BCUT2D eigenvalue weighted by Crippen LogP contribution is 2.10. The molecule has 0 aliphatic heterocycles. The molecule has 0 N–H and O–H groups in total. The molecule has 0 fully saturated rings. The average molecular weight is 216 g/mol. The van der Waals surface area contributed by atoms with Gasteiger partial charge in [0.1, 0.15) is 0 Å². The molecule has 0 aliphatic carbocycles. The van der Waals surface area contributed by atoms with Crippen LogP contribution in [0.1, 0.15) is 30.0 Å². The largest absolute Gasteiger partial charge is 0.452 e. The van der Waals surface area contributed by atoms with Crippen molar-refractivity contribution in [1.29, 1.82) is 0 Å². The zero-order chi connectivity index (χ0) is 12.0. The molecule has 0 amide bonds. The van der Waals surface area contributed by atoms with Crippen molar-refractivity contribution < 1.29 is 9.53 Å². The van der Waals surface area contributed by atoms with Gasteiger partial charge in [0.15, 0.2) is 6.61 Å². The Kier molecular flexibility index (Phi) is 4.60. The molecular weight excluding hydrogens is 200 g/mol. The smallest absolute Gasteiger partial charge is 0.306 e. The van der Waals surface area contributed by atoms with E-state index in [1.165, 1.54) is 11.1 Å². The second-order valence-electron chi connectivity index (χ2n) is 3.56. The quantitative estimate of drug-likeness (QED) is 0.561. The van der Waals surface area contributed by atoms with E-state index in [0.29, 0.717) is 6.42 Å². The standard InChI is InChI=1S/C14H16O2/c1-4-14(15)16-10-6-9-13-8-5-7-11(2)12(13)3/h5,7-8H,4,10H2,1-3H3. The molecule has 0 aromatic heterocycles. The maximum Gasteiger partial charge on any atom is 0.306 e. The summed E-state index contributed by atoms with van der Waals surface area (Å²) in [6, 6.07) is 6.00. The van der Waals surface area contributed by atoms with Gasteiger partial charge in [-0.15, -0.1) is 0 Å². The van der Waals surface area contributed by atoms with E-state index < -0.39 is 0 Å². The van der Waals surface area contributed by atoms with Crippen LogP contribution in [0.25, 0.3) is 0 Å². The van der Waals surface area contributed by atoms with Crippen molar-refractivity contribution in [3.8, 4) is 11.8 Å². The van der Waals surface area contributed by atoms with Gasteiger partial charge in [0.2, 0.25) is 0 Å². The second kappa shape index (κ2) is 5.97. The molecule has 2 heteroatoms. The van der Waals surface area contributed by atoms with Gasteiger partial charge in [-0.2, -0.15) is 0 Å². The van der Waals surface area contributed by atoms with Gasteiger partial charge in [-0.25, -0.2) is 0 Å². The molecule has 0 spiro atoms. The van der Waals surface area contributed by atoms with Crippen molar-refractivity contribution in [2.75, 3.05) is 6.61 Å². The summed E-state index contributed by atoms with van der Waals surface area (Å²) in [5.74, 6) is 5.64. The summed E-state index contributed by atoms with van der Waals surface area (Å²) in [6.45, 7) is 6.02. The number of carbonyl (C=O) groups is 1. The number of esters is 1. The van der Waals surface area contributed by atoms with E-state index in [1.54, 1.807) is 6.92 Å². The zero-order valence-corrected chi connectivity index (χ0v) is 9.96. The molecule has 16 heavy (non-hydrogen) atoms. The van der Waals surface area contributed by atoms with E-state index in [9.17, 15) is 4.79 Å². The zero-order valence-electron chi connectivity index (χ0n) is 9.96. The maximum absolute atomic E-state index is 10.9. The number of ether oxygens (including phenoxy) is 1. The minimum Gasteiger partial charge on any atom is -0.452 e. The fourth-order valence-corrected chi connectivity index (χ4v) is 1.24. The fourth-order valence-electron chi connectivity index (χ4n) is 1.24.